The fourth-order valence-electron chi connectivity index (χ4n) is 5.74. The van der Waals surface area contributed by atoms with Crippen LogP contribution in [0.25, 0.3) is 11.0 Å². The van der Waals surface area contributed by atoms with E-state index >= 15 is 0 Å². The molecule has 0 aromatic carbocycles. The third-order valence-electron chi connectivity index (χ3n) is 7.62. The standard InChI is InChI=1S/C24H40ClN3O5Si2/c1-14(2)34(15(3)4)30-12-19-20(32-35(33-34,16(5)6)17(7)8)21(29-9)24(31-19)28-11-10-18-22(25)26-13-27-23(18)28/h10-11,13-17,19-21,24H,12H2,1-9H3/t19-,20-,21-,24-/m1/s1. The fourth-order valence-corrected chi connectivity index (χ4v) is 17.1. The van der Waals surface area contributed by atoms with Crippen LogP contribution < -0.4 is 0 Å². The van der Waals surface area contributed by atoms with Crippen molar-refractivity contribution in [3.8, 4) is 0 Å². The molecule has 0 N–H and O–H groups in total. The summed E-state index contributed by atoms with van der Waals surface area (Å²) in [5.74, 6) is 0. The highest BCUT2D eigenvalue weighted by Crippen LogP contribution is 2.49. The second-order valence-corrected chi connectivity index (χ2v) is 20.2. The Morgan fingerprint density at radius 3 is 2.20 bits per heavy atom. The van der Waals surface area contributed by atoms with E-state index in [1.54, 1.807) is 7.11 Å². The van der Waals surface area contributed by atoms with Gasteiger partial charge in [0.1, 0.15) is 35.4 Å². The molecule has 0 aliphatic carbocycles. The summed E-state index contributed by atoms with van der Waals surface area (Å²) in [7, 11) is -3.72. The lowest BCUT2D eigenvalue weighted by Gasteiger charge is -2.51. The van der Waals surface area contributed by atoms with Crippen molar-refractivity contribution in [1.29, 1.82) is 0 Å². The van der Waals surface area contributed by atoms with Gasteiger partial charge in [-0.05, 0) is 28.2 Å². The summed E-state index contributed by atoms with van der Waals surface area (Å²) in [6.07, 6.45) is 1.96. The van der Waals surface area contributed by atoms with Crippen LogP contribution in [0.3, 0.4) is 0 Å². The summed E-state index contributed by atoms with van der Waals surface area (Å²) in [6, 6.07) is 1.91. The van der Waals surface area contributed by atoms with Gasteiger partial charge in [0, 0.05) is 13.3 Å². The third-order valence-corrected chi connectivity index (χ3v) is 18.2. The van der Waals surface area contributed by atoms with Gasteiger partial charge in [0.15, 0.2) is 6.23 Å². The Bertz CT molecular complexity index is 1020. The van der Waals surface area contributed by atoms with Crippen molar-refractivity contribution in [3.05, 3.63) is 23.7 Å². The van der Waals surface area contributed by atoms with Crippen LogP contribution in [0.5, 0.6) is 0 Å². The van der Waals surface area contributed by atoms with Gasteiger partial charge < -0.3 is 27.0 Å². The van der Waals surface area contributed by atoms with Gasteiger partial charge in [-0.2, -0.15) is 0 Å². The first kappa shape index (κ1) is 27.2. The second kappa shape index (κ2) is 10.1. The van der Waals surface area contributed by atoms with Crippen molar-refractivity contribution in [2.24, 2.45) is 0 Å². The molecule has 2 fully saturated rings. The van der Waals surface area contributed by atoms with Crippen molar-refractivity contribution >= 4 is 39.8 Å². The molecular formula is C24H40ClN3O5Si2. The lowest BCUT2D eigenvalue weighted by molar-refractivity contribution is -0.0599. The maximum absolute atomic E-state index is 7.30. The first-order valence-electron chi connectivity index (χ1n) is 12.7. The Labute approximate surface area is 216 Å². The first-order chi connectivity index (χ1) is 16.5. The normalized spacial score (nSPS) is 28.7. The van der Waals surface area contributed by atoms with E-state index in [0.717, 1.165) is 5.39 Å². The van der Waals surface area contributed by atoms with Gasteiger partial charge in [-0.3, -0.25) is 0 Å². The van der Waals surface area contributed by atoms with Crippen molar-refractivity contribution < 1.29 is 22.4 Å². The van der Waals surface area contributed by atoms with Crippen molar-refractivity contribution in [3.63, 3.8) is 0 Å². The third kappa shape index (κ3) is 4.43. The van der Waals surface area contributed by atoms with Crippen molar-refractivity contribution in [2.45, 2.75) is 102 Å². The summed E-state index contributed by atoms with van der Waals surface area (Å²) in [6.45, 7) is 18.2. The summed E-state index contributed by atoms with van der Waals surface area (Å²) in [5, 5.41) is 1.19. The highest BCUT2D eigenvalue weighted by molar-refractivity contribution is 6.84. The predicted octanol–water partition coefficient (Wildman–Crippen LogP) is 5.95. The van der Waals surface area contributed by atoms with Crippen LogP contribution in [-0.4, -0.2) is 63.7 Å². The fraction of sp³-hybridized carbons (Fsp3) is 0.750. The summed E-state index contributed by atoms with van der Waals surface area (Å²) in [4.78, 5) is 8.58. The molecule has 4 heterocycles. The molecule has 35 heavy (non-hydrogen) atoms. The SMILES string of the molecule is CO[C@@H]1[C@@H]2O[Si](C(C)C)(C(C)C)O[Si](C(C)C)(C(C)C)OC[C@H]2O[C@H]1n1ccc2c(Cl)ncnc21. The van der Waals surface area contributed by atoms with Gasteiger partial charge >= 0.3 is 17.1 Å². The largest absolute Gasteiger partial charge is 0.414 e. The molecule has 0 amide bonds. The summed E-state index contributed by atoms with van der Waals surface area (Å²) >= 11 is 6.32. The Morgan fingerprint density at radius 2 is 1.63 bits per heavy atom. The average Bonchev–Trinajstić information content (AvgIpc) is 3.34. The molecule has 8 nitrogen and oxygen atoms in total. The molecule has 2 aromatic heterocycles. The minimum absolute atomic E-state index is 0.227. The maximum Gasteiger partial charge on any atom is 0.335 e. The van der Waals surface area contributed by atoms with Crippen LogP contribution >= 0.6 is 11.6 Å². The molecule has 2 aromatic rings. The number of hydrogen-bond donors (Lipinski definition) is 0. The maximum atomic E-state index is 7.30. The molecule has 0 spiro atoms. The molecule has 4 atom stereocenters. The van der Waals surface area contributed by atoms with Gasteiger partial charge in [0.25, 0.3) is 0 Å². The van der Waals surface area contributed by atoms with E-state index in [1.807, 2.05) is 16.8 Å². The number of ether oxygens (including phenoxy) is 2. The zero-order valence-corrected chi connectivity index (χ0v) is 25.1. The van der Waals surface area contributed by atoms with E-state index in [9.17, 15) is 0 Å². The Morgan fingerprint density at radius 1 is 1.00 bits per heavy atom. The van der Waals surface area contributed by atoms with Gasteiger partial charge in [0.2, 0.25) is 0 Å². The Hall–Kier alpha value is -0.856. The Balaban J connectivity index is 1.80. The molecule has 0 unspecified atom stereocenters. The zero-order chi connectivity index (χ0) is 25.7. The van der Waals surface area contributed by atoms with Gasteiger partial charge in [-0.25, -0.2) is 9.97 Å². The number of fused-ring (bicyclic) bond motifs is 2. The van der Waals surface area contributed by atoms with E-state index in [2.05, 4.69) is 65.4 Å². The van der Waals surface area contributed by atoms with E-state index < -0.39 is 23.3 Å². The molecule has 2 saturated heterocycles. The highest BCUT2D eigenvalue weighted by atomic mass is 35.5. The lowest BCUT2D eigenvalue weighted by Crippen LogP contribution is -2.65. The van der Waals surface area contributed by atoms with E-state index in [0.29, 0.717) is 17.4 Å². The van der Waals surface area contributed by atoms with E-state index in [-0.39, 0.29) is 40.5 Å². The van der Waals surface area contributed by atoms with Crippen molar-refractivity contribution in [2.75, 3.05) is 13.7 Å². The number of nitrogens with zero attached hydrogens (tertiary/aromatic N) is 3. The van der Waals surface area contributed by atoms with Gasteiger partial charge in [-0.1, -0.05) is 67.0 Å². The van der Waals surface area contributed by atoms with Crippen molar-refractivity contribution in [1.82, 2.24) is 14.5 Å². The second-order valence-electron chi connectivity index (χ2n) is 10.9. The van der Waals surface area contributed by atoms with E-state index in [1.165, 1.54) is 6.33 Å². The van der Waals surface area contributed by atoms with Crippen LogP contribution in [0.15, 0.2) is 18.6 Å². The molecular weight excluding hydrogens is 502 g/mol. The molecule has 0 saturated carbocycles. The predicted molar refractivity (Wildman–Crippen MR) is 141 cm³/mol. The van der Waals surface area contributed by atoms with Gasteiger partial charge in [-0.15, -0.1) is 0 Å². The van der Waals surface area contributed by atoms with Crippen LogP contribution in [0.2, 0.25) is 27.3 Å². The molecule has 2 aliphatic heterocycles. The van der Waals surface area contributed by atoms with Crippen LogP contribution in [0, 0.1) is 0 Å². The molecule has 196 valence electrons. The molecule has 0 radical (unpaired) electrons. The monoisotopic (exact) mass is 541 g/mol. The number of halogens is 1. The zero-order valence-electron chi connectivity index (χ0n) is 22.3. The highest BCUT2D eigenvalue weighted by Gasteiger charge is 2.62. The van der Waals surface area contributed by atoms with Gasteiger partial charge in [0.05, 0.1) is 12.0 Å². The molecule has 4 rings (SSSR count). The summed E-state index contributed by atoms with van der Waals surface area (Å²) in [5.41, 5.74) is 1.70. The van der Waals surface area contributed by atoms with Crippen LogP contribution in [0.1, 0.15) is 61.6 Å². The van der Waals surface area contributed by atoms with Crippen LogP contribution in [-0.2, 0) is 22.4 Å². The number of aromatic nitrogens is 3. The first-order valence-corrected chi connectivity index (χ1v) is 17.0. The number of hydrogen-bond acceptors (Lipinski definition) is 7. The number of methoxy groups -OCH3 is 1. The molecule has 11 heteroatoms. The molecule has 0 bridgehead atoms. The topological polar surface area (TPSA) is 76.9 Å². The smallest absolute Gasteiger partial charge is 0.335 e. The minimum atomic E-state index is -2.78. The Kier molecular flexibility index (Phi) is 7.87. The van der Waals surface area contributed by atoms with Crippen LogP contribution in [0.4, 0.5) is 0 Å². The minimum Gasteiger partial charge on any atom is -0.414 e. The molecule has 2 aliphatic rings. The van der Waals surface area contributed by atoms with E-state index in [4.69, 9.17) is 34.0 Å². The lowest BCUT2D eigenvalue weighted by atomic mass is 10.1. The quantitative estimate of drug-likeness (QED) is 0.330. The number of rotatable bonds is 6. The summed E-state index contributed by atoms with van der Waals surface area (Å²) < 4.78 is 36.1. The average molecular weight is 542 g/mol.